The molecule has 3 N–H and O–H groups in total. The largest absolute Gasteiger partial charge is 0.347 e. The van der Waals surface area contributed by atoms with Gasteiger partial charge in [-0.2, -0.15) is 4.98 Å². The summed E-state index contributed by atoms with van der Waals surface area (Å²) in [6.07, 6.45) is 0.313. The van der Waals surface area contributed by atoms with E-state index >= 15 is 0 Å². The lowest BCUT2D eigenvalue weighted by atomic mass is 10.4. The Morgan fingerprint density at radius 3 is 2.86 bits per heavy atom. The van der Waals surface area contributed by atoms with Crippen LogP contribution in [0.4, 0.5) is 0 Å². The molecule has 1 rings (SSSR count). The number of nitrogens with one attached hydrogen (secondary N) is 1. The van der Waals surface area contributed by atoms with Gasteiger partial charge in [-0.25, -0.2) is 0 Å². The first-order valence-corrected chi connectivity index (χ1v) is 3.98. The zero-order valence-electron chi connectivity index (χ0n) is 7.82. The molecular formula is C7H13ClN4O2. The Morgan fingerprint density at radius 2 is 2.36 bits per heavy atom. The molecule has 0 aromatic carbocycles. The molecule has 1 aromatic rings. The summed E-state index contributed by atoms with van der Waals surface area (Å²) in [5.74, 6) is 0.851. The minimum atomic E-state index is -0.113. The van der Waals surface area contributed by atoms with Gasteiger partial charge in [0.15, 0.2) is 5.82 Å². The topological polar surface area (TPSA) is 94.0 Å². The Morgan fingerprint density at radius 1 is 1.64 bits per heavy atom. The van der Waals surface area contributed by atoms with Crippen molar-refractivity contribution in [2.24, 2.45) is 5.73 Å². The number of nitrogens with zero attached hydrogens (tertiary/aromatic N) is 2. The summed E-state index contributed by atoms with van der Waals surface area (Å²) in [6, 6.07) is 0. The molecule has 0 aliphatic carbocycles. The zero-order chi connectivity index (χ0) is 9.68. The van der Waals surface area contributed by atoms with Crippen LogP contribution < -0.4 is 11.1 Å². The molecule has 0 aliphatic heterocycles. The molecule has 14 heavy (non-hydrogen) atoms. The van der Waals surface area contributed by atoms with Gasteiger partial charge in [0, 0.05) is 13.0 Å². The molecule has 0 aliphatic rings. The highest BCUT2D eigenvalue weighted by atomic mass is 35.5. The first kappa shape index (κ1) is 12.9. The summed E-state index contributed by atoms with van der Waals surface area (Å²) in [5.41, 5.74) is 5.19. The molecule has 0 radical (unpaired) electrons. The second-order valence-corrected chi connectivity index (χ2v) is 2.55. The van der Waals surface area contributed by atoms with E-state index in [4.69, 9.17) is 10.3 Å². The summed E-state index contributed by atoms with van der Waals surface area (Å²) < 4.78 is 4.79. The number of hydrogen-bond donors (Lipinski definition) is 2. The molecule has 0 atom stereocenters. The number of carbonyl (C=O) groups excluding carboxylic acids is 1. The number of aryl methyl sites for hydroxylation is 1. The fraction of sp³-hybridized carbons (Fsp3) is 0.571. The lowest BCUT2D eigenvalue weighted by Gasteiger charge is -1.98. The van der Waals surface area contributed by atoms with Gasteiger partial charge < -0.3 is 15.6 Å². The Balaban J connectivity index is 0.00000169. The maximum atomic E-state index is 10.9. The zero-order valence-corrected chi connectivity index (χ0v) is 8.63. The van der Waals surface area contributed by atoms with E-state index in [0.717, 1.165) is 0 Å². The van der Waals surface area contributed by atoms with E-state index in [1.165, 1.54) is 0 Å². The van der Waals surface area contributed by atoms with Gasteiger partial charge in [0.25, 0.3) is 0 Å². The van der Waals surface area contributed by atoms with E-state index in [1.54, 1.807) is 6.92 Å². The van der Waals surface area contributed by atoms with Gasteiger partial charge in [-0.1, -0.05) is 5.16 Å². The highest BCUT2D eigenvalue weighted by molar-refractivity contribution is 5.85. The van der Waals surface area contributed by atoms with E-state index in [2.05, 4.69) is 15.5 Å². The molecule has 1 heterocycles. The van der Waals surface area contributed by atoms with Crippen LogP contribution >= 0.6 is 12.4 Å². The van der Waals surface area contributed by atoms with Gasteiger partial charge in [-0.05, 0) is 6.92 Å². The Bertz CT molecular complexity index is 289. The van der Waals surface area contributed by atoms with Crippen molar-refractivity contribution in [3.63, 3.8) is 0 Å². The van der Waals surface area contributed by atoms with Crippen LogP contribution in [0.5, 0.6) is 0 Å². The van der Waals surface area contributed by atoms with Crippen molar-refractivity contribution in [3.05, 3.63) is 11.7 Å². The Hall–Kier alpha value is -1.14. The van der Waals surface area contributed by atoms with E-state index in [-0.39, 0.29) is 24.9 Å². The van der Waals surface area contributed by atoms with E-state index < -0.39 is 0 Å². The molecule has 0 bridgehead atoms. The number of nitrogens with two attached hydrogens (primary N) is 1. The molecular weight excluding hydrogens is 208 g/mol. The number of carbonyl (C=O) groups is 1. The monoisotopic (exact) mass is 220 g/mol. The van der Waals surface area contributed by atoms with E-state index in [0.29, 0.717) is 24.7 Å². The molecule has 0 saturated carbocycles. The van der Waals surface area contributed by atoms with Crippen LogP contribution in [0.3, 0.4) is 0 Å². The summed E-state index contributed by atoms with van der Waals surface area (Å²) in [6.45, 7) is 2.32. The average Bonchev–Trinajstić information content (AvgIpc) is 2.49. The third-order valence-electron chi connectivity index (χ3n) is 1.38. The molecule has 80 valence electrons. The molecule has 1 amide bonds. The van der Waals surface area contributed by atoms with Crippen LogP contribution in [-0.2, 0) is 11.3 Å². The highest BCUT2D eigenvalue weighted by Gasteiger charge is 2.04. The molecule has 0 saturated heterocycles. The second-order valence-electron chi connectivity index (χ2n) is 2.55. The molecule has 0 unspecified atom stereocenters. The molecule has 0 spiro atoms. The van der Waals surface area contributed by atoms with Crippen molar-refractivity contribution in [3.8, 4) is 0 Å². The van der Waals surface area contributed by atoms with E-state index in [9.17, 15) is 4.79 Å². The van der Waals surface area contributed by atoms with Crippen molar-refractivity contribution in [2.45, 2.75) is 19.9 Å². The molecule has 0 fully saturated rings. The van der Waals surface area contributed by atoms with Crippen LogP contribution in [0.25, 0.3) is 0 Å². The molecule has 6 nitrogen and oxygen atoms in total. The molecule has 7 heteroatoms. The minimum Gasteiger partial charge on any atom is -0.347 e. The predicted octanol–water partition coefficient (Wildman–Crippen LogP) is -0.235. The van der Waals surface area contributed by atoms with Crippen LogP contribution in [0.1, 0.15) is 18.1 Å². The first-order valence-electron chi connectivity index (χ1n) is 3.98. The first-order chi connectivity index (χ1) is 6.22. The van der Waals surface area contributed by atoms with Crippen molar-refractivity contribution in [1.82, 2.24) is 15.5 Å². The number of aromatic nitrogens is 2. The summed E-state index contributed by atoms with van der Waals surface area (Å²) in [7, 11) is 0. The summed E-state index contributed by atoms with van der Waals surface area (Å²) >= 11 is 0. The van der Waals surface area contributed by atoms with Crippen LogP contribution in [0, 0.1) is 6.92 Å². The summed E-state index contributed by atoms with van der Waals surface area (Å²) in [4.78, 5) is 14.9. The Kier molecular flexibility index (Phi) is 5.82. The summed E-state index contributed by atoms with van der Waals surface area (Å²) in [5, 5.41) is 6.18. The second kappa shape index (κ2) is 6.33. The van der Waals surface area contributed by atoms with Crippen LogP contribution in [0.2, 0.25) is 0 Å². The van der Waals surface area contributed by atoms with Crippen molar-refractivity contribution < 1.29 is 9.32 Å². The predicted molar refractivity (Wildman–Crippen MR) is 51.8 cm³/mol. The number of halogens is 1. The maximum absolute atomic E-state index is 10.9. The van der Waals surface area contributed by atoms with Gasteiger partial charge in [0.1, 0.15) is 0 Å². The van der Waals surface area contributed by atoms with Gasteiger partial charge >= 0.3 is 0 Å². The standard InChI is InChI=1S/C7H12N4O2.ClH/c1-5-10-7(13-11-5)4-9-6(12)2-3-8;/h2-4,8H2,1H3,(H,9,12);1H. The van der Waals surface area contributed by atoms with Gasteiger partial charge in [-0.15, -0.1) is 12.4 Å². The number of amides is 1. The number of hydrogen-bond acceptors (Lipinski definition) is 5. The SMILES string of the molecule is Cc1noc(CNC(=O)CCN)n1.Cl. The lowest BCUT2D eigenvalue weighted by Crippen LogP contribution is -2.25. The minimum absolute atomic E-state index is 0. The van der Waals surface area contributed by atoms with Gasteiger partial charge in [-0.3, -0.25) is 4.79 Å². The normalized spacial score (nSPS) is 9.29. The quantitative estimate of drug-likeness (QED) is 0.731. The maximum Gasteiger partial charge on any atom is 0.246 e. The fourth-order valence-electron chi connectivity index (χ4n) is 0.806. The fourth-order valence-corrected chi connectivity index (χ4v) is 0.806. The van der Waals surface area contributed by atoms with Crippen molar-refractivity contribution in [1.29, 1.82) is 0 Å². The number of rotatable bonds is 4. The Labute approximate surface area is 87.6 Å². The third kappa shape index (κ3) is 4.20. The van der Waals surface area contributed by atoms with Crippen LogP contribution in [0.15, 0.2) is 4.52 Å². The van der Waals surface area contributed by atoms with Gasteiger partial charge in [0.05, 0.1) is 6.54 Å². The van der Waals surface area contributed by atoms with Crippen molar-refractivity contribution in [2.75, 3.05) is 6.54 Å². The van der Waals surface area contributed by atoms with Gasteiger partial charge in [0.2, 0.25) is 11.8 Å². The smallest absolute Gasteiger partial charge is 0.246 e. The highest BCUT2D eigenvalue weighted by Crippen LogP contribution is 1.94. The van der Waals surface area contributed by atoms with Crippen molar-refractivity contribution >= 4 is 18.3 Å². The van der Waals surface area contributed by atoms with Crippen LogP contribution in [-0.4, -0.2) is 22.6 Å². The molecule has 1 aromatic heterocycles. The lowest BCUT2D eigenvalue weighted by molar-refractivity contribution is -0.121. The van der Waals surface area contributed by atoms with E-state index in [1.807, 2.05) is 0 Å². The third-order valence-corrected chi connectivity index (χ3v) is 1.38. The average molecular weight is 221 g/mol.